The molecule has 0 bridgehead atoms. The molecule has 21 heavy (non-hydrogen) atoms. The molecule has 114 valence electrons. The van der Waals surface area contributed by atoms with Gasteiger partial charge in [-0.15, -0.1) is 0 Å². The number of nitro benzene ring substituents is 1. The molecule has 0 saturated carbocycles. The summed E-state index contributed by atoms with van der Waals surface area (Å²) in [6.07, 6.45) is 0. The lowest BCUT2D eigenvalue weighted by atomic mass is 9.69. The monoisotopic (exact) mass is 290 g/mol. The summed E-state index contributed by atoms with van der Waals surface area (Å²) in [6, 6.07) is 5.03. The van der Waals surface area contributed by atoms with E-state index in [1.54, 1.807) is 12.1 Å². The number of nitrogens with zero attached hydrogens (tertiary/aromatic N) is 2. The second kappa shape index (κ2) is 5.13. The van der Waals surface area contributed by atoms with Gasteiger partial charge >= 0.3 is 0 Å². The zero-order chi connectivity index (χ0) is 15.9. The molecular weight excluding hydrogens is 268 g/mol. The molecule has 5 heteroatoms. The molecule has 0 aliphatic carbocycles. The molecule has 5 nitrogen and oxygen atoms in total. The first-order valence-electron chi connectivity index (χ1n) is 7.21. The van der Waals surface area contributed by atoms with E-state index in [9.17, 15) is 14.9 Å². The average Bonchev–Trinajstić information content (AvgIpc) is 2.34. The second-order valence-electron chi connectivity index (χ2n) is 6.82. The number of rotatable bonds is 4. The second-order valence-corrected chi connectivity index (χ2v) is 6.82. The van der Waals surface area contributed by atoms with Crippen molar-refractivity contribution >= 4 is 17.2 Å². The quantitative estimate of drug-likeness (QED) is 0.482. The Hall–Kier alpha value is -1.91. The van der Waals surface area contributed by atoms with Crippen LogP contribution in [0.4, 0.5) is 11.4 Å². The fourth-order valence-electron chi connectivity index (χ4n) is 3.57. The molecule has 1 aromatic carbocycles. The highest BCUT2D eigenvalue weighted by molar-refractivity contribution is 5.95. The third kappa shape index (κ3) is 2.64. The third-order valence-electron chi connectivity index (χ3n) is 4.23. The van der Waals surface area contributed by atoms with Crippen molar-refractivity contribution in [2.45, 2.75) is 40.7 Å². The Morgan fingerprint density at radius 1 is 1.43 bits per heavy atom. The van der Waals surface area contributed by atoms with E-state index in [4.69, 9.17) is 0 Å². The molecule has 1 aromatic rings. The summed E-state index contributed by atoms with van der Waals surface area (Å²) in [5, 5.41) is 11.3. The number of anilines is 1. The molecule has 2 rings (SSSR count). The van der Waals surface area contributed by atoms with Gasteiger partial charge in [0.25, 0.3) is 5.69 Å². The number of nitro groups is 1. The van der Waals surface area contributed by atoms with Gasteiger partial charge in [-0.1, -0.05) is 27.7 Å². The average molecular weight is 290 g/mol. The largest absolute Gasteiger partial charge is 0.362 e. The molecule has 1 aliphatic rings. The van der Waals surface area contributed by atoms with Crippen LogP contribution in [0.15, 0.2) is 18.2 Å². The maximum atomic E-state index is 11.4. The van der Waals surface area contributed by atoms with E-state index in [1.165, 1.54) is 13.0 Å². The number of ketones is 1. The van der Waals surface area contributed by atoms with Crippen molar-refractivity contribution in [1.82, 2.24) is 0 Å². The van der Waals surface area contributed by atoms with Gasteiger partial charge in [0.2, 0.25) is 0 Å². The minimum absolute atomic E-state index is 0.0175. The van der Waals surface area contributed by atoms with Crippen LogP contribution in [-0.2, 0) is 0 Å². The van der Waals surface area contributed by atoms with Crippen LogP contribution >= 0.6 is 0 Å². The highest BCUT2D eigenvalue weighted by atomic mass is 16.6. The molecule has 0 N–H and O–H groups in total. The molecule has 1 heterocycles. The van der Waals surface area contributed by atoms with Crippen molar-refractivity contribution < 1.29 is 9.72 Å². The Morgan fingerprint density at radius 3 is 2.48 bits per heavy atom. The number of carbonyl (C=O) groups excluding carboxylic acids is 1. The predicted molar refractivity (Wildman–Crippen MR) is 82.9 cm³/mol. The molecule has 1 aliphatic heterocycles. The zero-order valence-electron chi connectivity index (χ0n) is 13.2. The number of benzene rings is 1. The minimum Gasteiger partial charge on any atom is -0.362 e. The number of hydrogen-bond donors (Lipinski definition) is 0. The van der Waals surface area contributed by atoms with E-state index >= 15 is 0 Å². The predicted octanol–water partition coefficient (Wildman–Crippen LogP) is 3.67. The number of hydrogen-bond acceptors (Lipinski definition) is 4. The van der Waals surface area contributed by atoms with Crippen molar-refractivity contribution in [3.8, 4) is 0 Å². The lowest BCUT2D eigenvalue weighted by molar-refractivity contribution is -0.384. The standard InChI is InChI=1S/C16H22N2O3/c1-10(2)15-16(4,5)9-17(15)13-7-6-12(11(3)19)8-14(13)18(20)21/h6-8,10,15H,9H2,1-5H3. The fraction of sp³-hybridized carbons (Fsp3) is 0.562. The van der Waals surface area contributed by atoms with Gasteiger partial charge in [-0.25, -0.2) is 0 Å². The molecule has 1 saturated heterocycles. The van der Waals surface area contributed by atoms with Crippen molar-refractivity contribution in [2.75, 3.05) is 11.4 Å². The number of Topliss-reactive ketones (excluding diaryl/α,β-unsaturated/α-hetero) is 1. The van der Waals surface area contributed by atoms with Gasteiger partial charge in [-0.2, -0.15) is 0 Å². The molecule has 1 unspecified atom stereocenters. The summed E-state index contributed by atoms with van der Waals surface area (Å²) in [5.41, 5.74) is 1.15. The Labute approximate surface area is 125 Å². The molecule has 0 aromatic heterocycles. The van der Waals surface area contributed by atoms with Gasteiger partial charge < -0.3 is 4.90 Å². The molecule has 1 atom stereocenters. The Kier molecular flexibility index (Phi) is 3.78. The van der Waals surface area contributed by atoms with Crippen LogP contribution < -0.4 is 4.90 Å². The van der Waals surface area contributed by atoms with E-state index in [0.29, 0.717) is 17.2 Å². The number of carbonyl (C=O) groups is 1. The molecule has 1 fully saturated rings. The minimum atomic E-state index is -0.398. The van der Waals surface area contributed by atoms with Crippen molar-refractivity contribution in [2.24, 2.45) is 11.3 Å². The van der Waals surface area contributed by atoms with Crippen LogP contribution in [0.5, 0.6) is 0 Å². The van der Waals surface area contributed by atoms with Gasteiger partial charge in [0, 0.05) is 29.6 Å². The van der Waals surface area contributed by atoms with Crippen LogP contribution in [0.2, 0.25) is 0 Å². The van der Waals surface area contributed by atoms with E-state index in [1.807, 2.05) is 0 Å². The summed E-state index contributed by atoms with van der Waals surface area (Å²) in [5.74, 6) is 0.245. The Balaban J connectivity index is 2.45. The van der Waals surface area contributed by atoms with Crippen LogP contribution in [0, 0.1) is 21.4 Å². The summed E-state index contributed by atoms with van der Waals surface area (Å²) in [4.78, 5) is 24.5. The first-order chi connectivity index (χ1) is 9.65. The van der Waals surface area contributed by atoms with Crippen molar-refractivity contribution in [3.63, 3.8) is 0 Å². The summed E-state index contributed by atoms with van der Waals surface area (Å²) < 4.78 is 0. The normalized spacial score (nSPS) is 20.3. The van der Waals surface area contributed by atoms with E-state index < -0.39 is 4.92 Å². The third-order valence-corrected chi connectivity index (χ3v) is 4.23. The lowest BCUT2D eigenvalue weighted by Gasteiger charge is -2.57. The topological polar surface area (TPSA) is 63.5 Å². The molecule has 0 amide bonds. The first-order valence-corrected chi connectivity index (χ1v) is 7.21. The van der Waals surface area contributed by atoms with Gasteiger partial charge in [0.05, 0.1) is 4.92 Å². The SMILES string of the molecule is CC(=O)c1ccc(N2CC(C)(C)C2C(C)C)c([N+](=O)[O-])c1. The van der Waals surface area contributed by atoms with Crippen molar-refractivity contribution in [1.29, 1.82) is 0 Å². The van der Waals surface area contributed by atoms with Gasteiger partial charge in [0.15, 0.2) is 5.78 Å². The Bertz CT molecular complexity index is 593. The zero-order valence-corrected chi connectivity index (χ0v) is 13.2. The van der Waals surface area contributed by atoms with Gasteiger partial charge in [0.1, 0.15) is 5.69 Å². The van der Waals surface area contributed by atoms with E-state index in [2.05, 4.69) is 32.6 Å². The van der Waals surface area contributed by atoms with Crippen LogP contribution in [-0.4, -0.2) is 23.3 Å². The van der Waals surface area contributed by atoms with Crippen LogP contribution in [0.1, 0.15) is 45.0 Å². The van der Waals surface area contributed by atoms with Gasteiger partial charge in [-0.3, -0.25) is 14.9 Å². The maximum absolute atomic E-state index is 11.4. The fourth-order valence-corrected chi connectivity index (χ4v) is 3.57. The first kappa shape index (κ1) is 15.5. The van der Waals surface area contributed by atoms with Crippen LogP contribution in [0.25, 0.3) is 0 Å². The van der Waals surface area contributed by atoms with Crippen molar-refractivity contribution in [3.05, 3.63) is 33.9 Å². The van der Waals surface area contributed by atoms with E-state index in [-0.39, 0.29) is 22.9 Å². The summed E-state index contributed by atoms with van der Waals surface area (Å²) in [6.45, 7) is 10.8. The highest BCUT2D eigenvalue weighted by Crippen LogP contribution is 2.46. The molecule has 0 spiro atoms. The molecule has 0 radical (unpaired) electrons. The summed E-state index contributed by atoms with van der Waals surface area (Å²) in [7, 11) is 0. The highest BCUT2D eigenvalue weighted by Gasteiger charge is 2.48. The van der Waals surface area contributed by atoms with Gasteiger partial charge in [-0.05, 0) is 25.0 Å². The summed E-state index contributed by atoms with van der Waals surface area (Å²) >= 11 is 0. The maximum Gasteiger partial charge on any atom is 0.293 e. The lowest BCUT2D eigenvalue weighted by Crippen LogP contribution is -2.64. The Morgan fingerprint density at radius 2 is 2.05 bits per heavy atom. The molecular formula is C16H22N2O3. The smallest absolute Gasteiger partial charge is 0.293 e. The van der Waals surface area contributed by atoms with E-state index in [0.717, 1.165) is 6.54 Å². The van der Waals surface area contributed by atoms with Crippen LogP contribution in [0.3, 0.4) is 0 Å².